The van der Waals surface area contributed by atoms with Gasteiger partial charge in [-0.3, -0.25) is 9.52 Å². The minimum absolute atomic E-state index is 0.0903. The van der Waals surface area contributed by atoms with Gasteiger partial charge in [0.15, 0.2) is 0 Å². The van der Waals surface area contributed by atoms with Gasteiger partial charge in [0.1, 0.15) is 0 Å². The maximum atomic E-state index is 12.2. The third-order valence-corrected chi connectivity index (χ3v) is 7.16. The Bertz CT molecular complexity index is 1030. The van der Waals surface area contributed by atoms with Gasteiger partial charge in [-0.25, -0.2) is 8.42 Å². The predicted molar refractivity (Wildman–Crippen MR) is 115 cm³/mol. The molecular weight excluding hydrogens is 435 g/mol. The standard InChI is InChI=1S/C20H22Cl2N2O4S/c1-23-19-7-5-14(12-2-6-17(21)18(22)10-12)15-4-3-13(11-16(15)19)24-29(27,28)9-8-20(25)26/h2-4,6,10-11,14,19,23-24H,5,7-9H2,1H3,(H,25,26). The van der Waals surface area contributed by atoms with E-state index in [1.165, 1.54) is 0 Å². The summed E-state index contributed by atoms with van der Waals surface area (Å²) in [5.74, 6) is -1.50. The summed E-state index contributed by atoms with van der Waals surface area (Å²) in [5, 5.41) is 13.0. The van der Waals surface area contributed by atoms with Crippen molar-refractivity contribution in [3.05, 3.63) is 63.1 Å². The molecule has 0 amide bonds. The molecule has 29 heavy (non-hydrogen) atoms. The number of fused-ring (bicyclic) bond motifs is 1. The van der Waals surface area contributed by atoms with Crippen LogP contribution in [0.4, 0.5) is 5.69 Å². The van der Waals surface area contributed by atoms with Gasteiger partial charge in [0.25, 0.3) is 0 Å². The summed E-state index contributed by atoms with van der Waals surface area (Å²) < 4.78 is 26.8. The van der Waals surface area contributed by atoms with Gasteiger partial charge in [0.05, 0.1) is 22.2 Å². The van der Waals surface area contributed by atoms with Crippen LogP contribution in [0, 0.1) is 0 Å². The minimum atomic E-state index is -3.74. The zero-order valence-corrected chi connectivity index (χ0v) is 18.1. The number of hydrogen-bond acceptors (Lipinski definition) is 4. The SMILES string of the molecule is CNC1CCC(c2ccc(Cl)c(Cl)c2)c2ccc(NS(=O)(=O)CCC(=O)O)cc21. The van der Waals surface area contributed by atoms with Gasteiger partial charge in [0, 0.05) is 17.6 Å². The number of anilines is 1. The first-order chi connectivity index (χ1) is 13.7. The zero-order chi connectivity index (χ0) is 21.2. The highest BCUT2D eigenvalue weighted by Gasteiger charge is 2.28. The lowest BCUT2D eigenvalue weighted by Crippen LogP contribution is -2.25. The van der Waals surface area contributed by atoms with E-state index in [1.807, 2.05) is 31.3 Å². The molecule has 0 bridgehead atoms. The highest BCUT2D eigenvalue weighted by atomic mass is 35.5. The number of sulfonamides is 1. The van der Waals surface area contributed by atoms with Crippen LogP contribution in [-0.4, -0.2) is 32.3 Å². The minimum Gasteiger partial charge on any atom is -0.481 e. The van der Waals surface area contributed by atoms with Gasteiger partial charge in [-0.2, -0.15) is 0 Å². The number of carboxylic acids is 1. The van der Waals surface area contributed by atoms with Crippen LogP contribution in [0.5, 0.6) is 0 Å². The predicted octanol–water partition coefficient (Wildman–Crippen LogP) is 4.40. The Morgan fingerprint density at radius 1 is 1.10 bits per heavy atom. The number of carbonyl (C=O) groups is 1. The fourth-order valence-corrected chi connectivity index (χ4v) is 5.07. The number of rotatable bonds is 7. The molecule has 0 aliphatic heterocycles. The molecule has 2 aromatic rings. The number of aliphatic carboxylic acids is 1. The Kier molecular flexibility index (Phi) is 6.73. The second kappa shape index (κ2) is 8.92. The number of halogens is 2. The van der Waals surface area contributed by atoms with Gasteiger partial charge in [-0.05, 0) is 60.8 Å². The van der Waals surface area contributed by atoms with E-state index in [4.69, 9.17) is 28.3 Å². The van der Waals surface area contributed by atoms with Crippen molar-refractivity contribution >= 4 is 44.9 Å². The number of carboxylic acid groups (broad SMARTS) is 1. The average Bonchev–Trinajstić information content (AvgIpc) is 2.67. The molecule has 1 aliphatic rings. The van der Waals surface area contributed by atoms with Crippen LogP contribution in [0.1, 0.15) is 47.9 Å². The Balaban J connectivity index is 1.93. The maximum absolute atomic E-state index is 12.2. The molecule has 0 aromatic heterocycles. The summed E-state index contributed by atoms with van der Waals surface area (Å²) in [6.45, 7) is 0. The molecule has 0 heterocycles. The third kappa shape index (κ3) is 5.22. The van der Waals surface area contributed by atoms with E-state index in [-0.39, 0.29) is 12.0 Å². The molecule has 2 aromatic carbocycles. The smallest absolute Gasteiger partial charge is 0.304 e. The maximum Gasteiger partial charge on any atom is 0.304 e. The van der Waals surface area contributed by atoms with Crippen LogP contribution in [0.25, 0.3) is 0 Å². The monoisotopic (exact) mass is 456 g/mol. The Morgan fingerprint density at radius 3 is 2.52 bits per heavy atom. The van der Waals surface area contributed by atoms with Crippen LogP contribution >= 0.6 is 23.2 Å². The van der Waals surface area contributed by atoms with Gasteiger partial charge in [0.2, 0.25) is 10.0 Å². The van der Waals surface area contributed by atoms with Crippen molar-refractivity contribution < 1.29 is 18.3 Å². The molecule has 0 saturated heterocycles. The largest absolute Gasteiger partial charge is 0.481 e. The molecule has 9 heteroatoms. The fraction of sp³-hybridized carbons (Fsp3) is 0.350. The molecule has 3 rings (SSSR count). The highest BCUT2D eigenvalue weighted by Crippen LogP contribution is 2.43. The Hall–Kier alpha value is -1.80. The van der Waals surface area contributed by atoms with Crippen molar-refractivity contribution in [1.82, 2.24) is 5.32 Å². The second-order valence-electron chi connectivity index (χ2n) is 7.05. The molecule has 1 aliphatic carbocycles. The number of nitrogens with one attached hydrogen (secondary N) is 2. The summed E-state index contributed by atoms with van der Waals surface area (Å²) in [7, 11) is -1.87. The summed E-state index contributed by atoms with van der Waals surface area (Å²) in [5.41, 5.74) is 3.59. The molecule has 6 nitrogen and oxygen atoms in total. The lowest BCUT2D eigenvalue weighted by molar-refractivity contribution is -0.136. The highest BCUT2D eigenvalue weighted by molar-refractivity contribution is 7.92. The number of hydrogen-bond donors (Lipinski definition) is 3. The molecule has 2 unspecified atom stereocenters. The first-order valence-corrected chi connectivity index (χ1v) is 11.6. The Morgan fingerprint density at radius 2 is 1.86 bits per heavy atom. The first-order valence-electron chi connectivity index (χ1n) is 9.18. The number of benzene rings is 2. The van der Waals surface area contributed by atoms with Crippen LogP contribution in [0.2, 0.25) is 10.0 Å². The van der Waals surface area contributed by atoms with Crippen molar-refractivity contribution in [2.75, 3.05) is 17.5 Å². The topological polar surface area (TPSA) is 95.5 Å². The van der Waals surface area contributed by atoms with E-state index >= 15 is 0 Å². The quantitative estimate of drug-likeness (QED) is 0.573. The van der Waals surface area contributed by atoms with Crippen molar-refractivity contribution in [3.63, 3.8) is 0 Å². The van der Waals surface area contributed by atoms with Crippen molar-refractivity contribution in [1.29, 1.82) is 0 Å². The first kappa shape index (κ1) is 21.9. The van der Waals surface area contributed by atoms with Crippen LogP contribution in [0.15, 0.2) is 36.4 Å². The van der Waals surface area contributed by atoms with E-state index in [2.05, 4.69) is 10.0 Å². The summed E-state index contributed by atoms with van der Waals surface area (Å²) >= 11 is 12.3. The molecule has 0 saturated carbocycles. The molecule has 0 radical (unpaired) electrons. The van der Waals surface area contributed by atoms with Gasteiger partial charge < -0.3 is 10.4 Å². The summed E-state index contributed by atoms with van der Waals surface area (Å²) in [6, 6.07) is 11.2. The third-order valence-electron chi connectivity index (χ3n) is 5.13. The average molecular weight is 457 g/mol. The van der Waals surface area contributed by atoms with Crippen LogP contribution in [-0.2, 0) is 14.8 Å². The van der Waals surface area contributed by atoms with Crippen molar-refractivity contribution in [2.45, 2.75) is 31.2 Å². The fourth-order valence-electron chi connectivity index (χ4n) is 3.73. The van der Waals surface area contributed by atoms with E-state index in [1.54, 1.807) is 12.1 Å². The van der Waals surface area contributed by atoms with Crippen LogP contribution in [0.3, 0.4) is 0 Å². The van der Waals surface area contributed by atoms with Crippen LogP contribution < -0.4 is 10.0 Å². The lowest BCUT2D eigenvalue weighted by atomic mass is 9.76. The van der Waals surface area contributed by atoms with Crippen molar-refractivity contribution in [2.24, 2.45) is 0 Å². The molecule has 2 atom stereocenters. The molecular formula is C20H22Cl2N2O4S. The zero-order valence-electron chi connectivity index (χ0n) is 15.8. The van der Waals surface area contributed by atoms with Gasteiger partial charge in [-0.15, -0.1) is 0 Å². The summed E-state index contributed by atoms with van der Waals surface area (Å²) in [6.07, 6.45) is 1.35. The normalized spacial score (nSPS) is 18.9. The lowest BCUT2D eigenvalue weighted by Gasteiger charge is -2.32. The molecule has 0 spiro atoms. The molecule has 3 N–H and O–H groups in total. The van der Waals surface area contributed by atoms with E-state index < -0.39 is 28.2 Å². The van der Waals surface area contributed by atoms with Gasteiger partial charge >= 0.3 is 5.97 Å². The van der Waals surface area contributed by atoms with E-state index in [0.29, 0.717) is 15.7 Å². The molecule has 0 fully saturated rings. The molecule has 156 valence electrons. The Labute approximate surface area is 180 Å². The van der Waals surface area contributed by atoms with E-state index in [9.17, 15) is 13.2 Å². The van der Waals surface area contributed by atoms with Gasteiger partial charge in [-0.1, -0.05) is 35.3 Å². The second-order valence-corrected chi connectivity index (χ2v) is 9.71. The van der Waals surface area contributed by atoms with E-state index in [0.717, 1.165) is 29.5 Å². The summed E-state index contributed by atoms with van der Waals surface area (Å²) in [4.78, 5) is 10.7. The van der Waals surface area contributed by atoms with Crippen molar-refractivity contribution in [3.8, 4) is 0 Å².